The highest BCUT2D eigenvalue weighted by molar-refractivity contribution is 7.80. The summed E-state index contributed by atoms with van der Waals surface area (Å²) in [5, 5.41) is 0.595. The van der Waals surface area contributed by atoms with Crippen LogP contribution in [0.4, 0.5) is 0 Å². The minimum Gasteiger partial charge on any atom is -0.483 e. The van der Waals surface area contributed by atoms with E-state index < -0.39 is 0 Å². The molecule has 23 heavy (non-hydrogen) atoms. The van der Waals surface area contributed by atoms with Crippen molar-refractivity contribution in [2.24, 2.45) is 4.99 Å². The molecule has 0 spiro atoms. The average molecular weight is 348 g/mol. The van der Waals surface area contributed by atoms with Crippen LogP contribution in [0.25, 0.3) is 5.69 Å². The summed E-state index contributed by atoms with van der Waals surface area (Å²) < 4.78 is 12.2. The van der Waals surface area contributed by atoms with E-state index in [0.29, 0.717) is 23.8 Å². The number of aromatic nitrogens is 2. The molecule has 0 fully saturated rings. The summed E-state index contributed by atoms with van der Waals surface area (Å²) in [6.45, 7) is 8.95. The molecule has 0 aliphatic carbocycles. The highest BCUT2D eigenvalue weighted by Crippen LogP contribution is 2.27. The highest BCUT2D eigenvalue weighted by Gasteiger charge is 2.21. The van der Waals surface area contributed by atoms with Gasteiger partial charge in [0.25, 0.3) is 0 Å². The number of hydrogen-bond donors (Lipinski definition) is 0. The highest BCUT2D eigenvalue weighted by atomic mass is 32.1. The SMILES string of the molecule is CC(C)N(C(=S)/N=c1\snc2n1-c1ccccc1OC2)C(C)C. The first kappa shape index (κ1) is 16.1. The van der Waals surface area contributed by atoms with E-state index in [1.807, 2.05) is 28.8 Å². The molecule has 0 unspecified atom stereocenters. The average Bonchev–Trinajstić information content (AvgIpc) is 2.90. The van der Waals surface area contributed by atoms with Crippen LogP contribution in [0.3, 0.4) is 0 Å². The van der Waals surface area contributed by atoms with Gasteiger partial charge < -0.3 is 9.64 Å². The topological polar surface area (TPSA) is 42.7 Å². The van der Waals surface area contributed by atoms with E-state index in [2.05, 4.69) is 37.0 Å². The summed E-state index contributed by atoms with van der Waals surface area (Å²) in [5.41, 5.74) is 0.963. The summed E-state index contributed by atoms with van der Waals surface area (Å²) in [6, 6.07) is 8.52. The van der Waals surface area contributed by atoms with E-state index in [4.69, 9.17) is 21.9 Å². The van der Waals surface area contributed by atoms with Crippen molar-refractivity contribution in [3.63, 3.8) is 0 Å². The molecule has 0 amide bonds. The largest absolute Gasteiger partial charge is 0.483 e. The molecule has 7 heteroatoms. The van der Waals surface area contributed by atoms with Gasteiger partial charge >= 0.3 is 0 Å². The third kappa shape index (κ3) is 3.03. The molecule has 0 radical (unpaired) electrons. The molecule has 2 aromatic rings. The molecule has 1 aromatic carbocycles. The number of nitrogens with zero attached hydrogens (tertiary/aromatic N) is 4. The normalized spacial score (nSPS) is 13.7. The predicted molar refractivity (Wildman–Crippen MR) is 96.0 cm³/mol. The molecule has 0 bridgehead atoms. The fraction of sp³-hybridized carbons (Fsp3) is 0.438. The smallest absolute Gasteiger partial charge is 0.216 e. The van der Waals surface area contributed by atoms with Crippen LogP contribution >= 0.6 is 23.8 Å². The monoisotopic (exact) mass is 348 g/mol. The van der Waals surface area contributed by atoms with Crippen LogP contribution in [0.5, 0.6) is 5.75 Å². The van der Waals surface area contributed by atoms with Gasteiger partial charge in [-0.1, -0.05) is 12.1 Å². The van der Waals surface area contributed by atoms with Gasteiger partial charge in [-0.05, 0) is 52.0 Å². The van der Waals surface area contributed by atoms with Gasteiger partial charge in [-0.25, -0.2) is 0 Å². The standard InChI is InChI=1S/C16H20N4OS2/c1-10(2)19(11(3)4)15(22)17-16-20-12-7-5-6-8-13(12)21-9-14(20)18-23-16/h5-8,10-11H,9H2,1-4H3/b17-16-. The molecule has 1 aliphatic rings. The lowest BCUT2D eigenvalue weighted by Gasteiger charge is -2.30. The van der Waals surface area contributed by atoms with Gasteiger partial charge in [0.15, 0.2) is 10.9 Å². The van der Waals surface area contributed by atoms with Crippen LogP contribution in [0.2, 0.25) is 0 Å². The van der Waals surface area contributed by atoms with E-state index >= 15 is 0 Å². The van der Waals surface area contributed by atoms with Crippen molar-refractivity contribution < 1.29 is 4.74 Å². The molecular formula is C16H20N4OS2. The van der Waals surface area contributed by atoms with Crippen molar-refractivity contribution in [1.82, 2.24) is 13.8 Å². The van der Waals surface area contributed by atoms with Crippen LogP contribution in [-0.2, 0) is 6.61 Å². The molecule has 1 aliphatic heterocycles. The Kier molecular flexibility index (Phi) is 4.50. The summed E-state index contributed by atoms with van der Waals surface area (Å²) in [6.07, 6.45) is 0. The summed E-state index contributed by atoms with van der Waals surface area (Å²) in [7, 11) is 0. The van der Waals surface area contributed by atoms with Gasteiger partial charge in [0.1, 0.15) is 12.4 Å². The van der Waals surface area contributed by atoms with Crippen molar-refractivity contribution in [3.8, 4) is 11.4 Å². The molecule has 5 nitrogen and oxygen atoms in total. The molecule has 0 atom stereocenters. The van der Waals surface area contributed by atoms with E-state index in [1.54, 1.807) is 0 Å². The maximum absolute atomic E-state index is 5.73. The molecule has 1 aromatic heterocycles. The molecule has 3 rings (SSSR count). The molecule has 0 saturated carbocycles. The van der Waals surface area contributed by atoms with Crippen molar-refractivity contribution in [2.45, 2.75) is 46.4 Å². The second-order valence-electron chi connectivity index (χ2n) is 5.96. The Labute approximate surface area is 145 Å². The number of thiocarbonyl (C=S) groups is 1. The second kappa shape index (κ2) is 6.41. The van der Waals surface area contributed by atoms with Crippen LogP contribution in [0.15, 0.2) is 29.3 Å². The fourth-order valence-electron chi connectivity index (χ4n) is 2.77. The number of fused-ring (bicyclic) bond motifs is 3. The van der Waals surface area contributed by atoms with Gasteiger partial charge in [0.2, 0.25) is 4.80 Å². The maximum Gasteiger partial charge on any atom is 0.216 e. The van der Waals surface area contributed by atoms with Crippen LogP contribution in [0.1, 0.15) is 33.5 Å². The van der Waals surface area contributed by atoms with E-state index in [-0.39, 0.29) is 0 Å². The molecule has 122 valence electrons. The lowest BCUT2D eigenvalue weighted by atomic mass is 10.2. The zero-order chi connectivity index (χ0) is 16.6. The van der Waals surface area contributed by atoms with Gasteiger partial charge in [-0.2, -0.15) is 9.37 Å². The van der Waals surface area contributed by atoms with E-state index in [1.165, 1.54) is 11.5 Å². The molecule has 2 heterocycles. The van der Waals surface area contributed by atoms with E-state index in [9.17, 15) is 0 Å². The number of benzene rings is 1. The molecule has 0 saturated heterocycles. The fourth-order valence-corrected chi connectivity index (χ4v) is 4.07. The Morgan fingerprint density at radius 1 is 1.30 bits per heavy atom. The van der Waals surface area contributed by atoms with Gasteiger partial charge in [-0.3, -0.25) is 4.57 Å². The van der Waals surface area contributed by atoms with Crippen LogP contribution in [0, 0.1) is 0 Å². The summed E-state index contributed by atoms with van der Waals surface area (Å²) in [5.74, 6) is 1.70. The summed E-state index contributed by atoms with van der Waals surface area (Å²) in [4.78, 5) is 7.61. The summed E-state index contributed by atoms with van der Waals surface area (Å²) >= 11 is 6.92. The van der Waals surface area contributed by atoms with Gasteiger partial charge in [-0.15, -0.1) is 0 Å². The predicted octanol–water partition coefficient (Wildman–Crippen LogP) is 3.13. The minimum atomic E-state index is 0.301. The van der Waals surface area contributed by atoms with Crippen LogP contribution < -0.4 is 9.54 Å². The Morgan fingerprint density at radius 2 is 2.00 bits per heavy atom. The first-order valence-electron chi connectivity index (χ1n) is 7.66. The van der Waals surface area contributed by atoms with Crippen molar-refractivity contribution in [1.29, 1.82) is 0 Å². The number of rotatable bonds is 2. The molecular weight excluding hydrogens is 328 g/mol. The number of ether oxygens (including phenoxy) is 1. The molecule has 0 N–H and O–H groups in total. The second-order valence-corrected chi connectivity index (χ2v) is 7.06. The van der Waals surface area contributed by atoms with Crippen molar-refractivity contribution >= 4 is 28.9 Å². The first-order valence-corrected chi connectivity index (χ1v) is 8.84. The first-order chi connectivity index (χ1) is 11.0. The Hall–Kier alpha value is -1.73. The lowest BCUT2D eigenvalue weighted by Crippen LogP contribution is -2.41. The van der Waals surface area contributed by atoms with Crippen molar-refractivity contribution in [3.05, 3.63) is 34.9 Å². The third-order valence-corrected chi connectivity index (χ3v) is 4.71. The number of hydrogen-bond acceptors (Lipinski definition) is 4. The Balaban J connectivity index is 2.07. The zero-order valence-corrected chi connectivity index (χ0v) is 15.3. The Morgan fingerprint density at radius 3 is 2.70 bits per heavy atom. The van der Waals surface area contributed by atoms with Crippen LogP contribution in [-0.4, -0.2) is 31.0 Å². The zero-order valence-electron chi connectivity index (χ0n) is 13.7. The minimum absolute atomic E-state index is 0.301. The Bertz CT molecular complexity index is 783. The van der Waals surface area contributed by atoms with Gasteiger partial charge in [0, 0.05) is 23.6 Å². The third-order valence-electron chi connectivity index (χ3n) is 3.67. The lowest BCUT2D eigenvalue weighted by molar-refractivity contribution is 0.278. The van der Waals surface area contributed by atoms with Crippen molar-refractivity contribution in [2.75, 3.05) is 0 Å². The van der Waals surface area contributed by atoms with Gasteiger partial charge in [0.05, 0.1) is 5.69 Å². The maximum atomic E-state index is 5.73. The van der Waals surface area contributed by atoms with E-state index in [0.717, 1.165) is 22.1 Å². The number of para-hydroxylation sites is 2. The quantitative estimate of drug-likeness (QED) is 0.782.